The fourth-order valence-corrected chi connectivity index (χ4v) is 4.37. The molecule has 0 saturated carbocycles. The van der Waals surface area contributed by atoms with Crippen LogP contribution in [-0.4, -0.2) is 66.4 Å². The van der Waals surface area contributed by atoms with Gasteiger partial charge in [0.1, 0.15) is 0 Å². The third-order valence-electron chi connectivity index (χ3n) is 5.87. The first-order valence-electron chi connectivity index (χ1n) is 9.95. The number of rotatable bonds is 2. The molecule has 5 nitrogen and oxygen atoms in total. The van der Waals surface area contributed by atoms with Crippen molar-refractivity contribution in [2.45, 2.75) is 18.9 Å². The summed E-state index contributed by atoms with van der Waals surface area (Å²) in [4.78, 5) is 31.2. The Kier molecular flexibility index (Phi) is 5.07. The molecule has 28 heavy (non-hydrogen) atoms. The molecular formula is C23H27N3O2. The first kappa shape index (κ1) is 18.5. The summed E-state index contributed by atoms with van der Waals surface area (Å²) in [5.41, 5.74) is 2.98. The number of carbonyl (C=O) groups is 2. The molecule has 2 bridgehead atoms. The van der Waals surface area contributed by atoms with Gasteiger partial charge < -0.3 is 14.7 Å². The van der Waals surface area contributed by atoms with E-state index in [4.69, 9.17) is 0 Å². The van der Waals surface area contributed by atoms with Crippen LogP contribution in [0.25, 0.3) is 11.1 Å². The normalized spacial score (nSPS) is 21.4. The second kappa shape index (κ2) is 7.66. The number of benzene rings is 2. The van der Waals surface area contributed by atoms with Crippen molar-refractivity contribution >= 4 is 11.9 Å². The standard InChI is InChI=1S/C23H27N3O2/c1-24(2)23(28)25-14-17-8-13-21(16-25)26(15-17)22(27)20-11-9-19(10-12-20)18-6-4-3-5-7-18/h3-7,9-12,17,21H,8,13-16H2,1-2H3/t17-,21+/m1/s1. The lowest BCUT2D eigenvalue weighted by atomic mass is 9.94. The summed E-state index contributed by atoms with van der Waals surface area (Å²) in [6.07, 6.45) is 2.05. The number of hydrogen-bond donors (Lipinski definition) is 0. The largest absolute Gasteiger partial charge is 0.334 e. The molecule has 0 N–H and O–H groups in total. The molecule has 5 rings (SSSR count). The number of carbonyl (C=O) groups excluding carboxylic acids is 2. The van der Waals surface area contributed by atoms with Crippen molar-refractivity contribution in [3.05, 3.63) is 60.2 Å². The van der Waals surface area contributed by atoms with Crippen molar-refractivity contribution in [1.29, 1.82) is 0 Å². The average Bonchev–Trinajstić information content (AvgIpc) is 3.05. The zero-order valence-corrected chi connectivity index (χ0v) is 16.5. The van der Waals surface area contributed by atoms with E-state index in [0.717, 1.165) is 42.6 Å². The minimum Gasteiger partial charge on any atom is -0.334 e. The van der Waals surface area contributed by atoms with Gasteiger partial charge in [-0.2, -0.15) is 0 Å². The Balaban J connectivity index is 1.51. The molecule has 3 heterocycles. The van der Waals surface area contributed by atoms with Gasteiger partial charge in [-0.1, -0.05) is 42.5 Å². The van der Waals surface area contributed by atoms with Crippen molar-refractivity contribution < 1.29 is 9.59 Å². The molecule has 2 aromatic carbocycles. The monoisotopic (exact) mass is 377 g/mol. The number of urea groups is 1. The molecule has 3 aliphatic rings. The SMILES string of the molecule is CN(C)C(=O)N1C[C@H]2CC[C@@H](C1)N(C(=O)c1ccc(-c3ccccc3)cc1)C2. The van der Waals surface area contributed by atoms with Gasteiger partial charge in [-0.05, 0) is 42.0 Å². The van der Waals surface area contributed by atoms with E-state index in [1.807, 2.05) is 52.3 Å². The molecule has 146 valence electrons. The fourth-order valence-electron chi connectivity index (χ4n) is 4.37. The molecule has 0 aliphatic carbocycles. The van der Waals surface area contributed by atoms with E-state index in [-0.39, 0.29) is 18.0 Å². The van der Waals surface area contributed by atoms with Crippen molar-refractivity contribution in [3.8, 4) is 11.1 Å². The van der Waals surface area contributed by atoms with Crippen LogP contribution in [0.15, 0.2) is 54.6 Å². The Morgan fingerprint density at radius 3 is 2.21 bits per heavy atom. The average molecular weight is 377 g/mol. The maximum absolute atomic E-state index is 13.2. The molecule has 0 radical (unpaired) electrons. The lowest BCUT2D eigenvalue weighted by molar-refractivity contribution is 0.0586. The second-order valence-electron chi connectivity index (χ2n) is 8.08. The summed E-state index contributed by atoms with van der Waals surface area (Å²) in [5.74, 6) is 0.434. The van der Waals surface area contributed by atoms with Crippen LogP contribution in [0.3, 0.4) is 0 Å². The Morgan fingerprint density at radius 2 is 1.54 bits per heavy atom. The first-order chi connectivity index (χ1) is 13.5. The van der Waals surface area contributed by atoms with Crippen LogP contribution < -0.4 is 0 Å². The molecule has 0 unspecified atom stereocenters. The van der Waals surface area contributed by atoms with Crippen molar-refractivity contribution in [2.24, 2.45) is 5.92 Å². The highest BCUT2D eigenvalue weighted by Gasteiger charge is 2.39. The summed E-state index contributed by atoms with van der Waals surface area (Å²) < 4.78 is 0. The molecule has 5 heteroatoms. The van der Waals surface area contributed by atoms with Gasteiger partial charge in [0.05, 0.1) is 0 Å². The Morgan fingerprint density at radius 1 is 0.857 bits per heavy atom. The number of nitrogens with zero attached hydrogens (tertiary/aromatic N) is 3. The quantitative estimate of drug-likeness (QED) is 0.803. The number of amides is 3. The number of piperidine rings is 1. The van der Waals surface area contributed by atoms with Crippen LogP contribution in [0.2, 0.25) is 0 Å². The predicted octanol–water partition coefficient (Wildman–Crippen LogP) is 3.57. The van der Waals surface area contributed by atoms with Crippen molar-refractivity contribution in [3.63, 3.8) is 0 Å². The minimum absolute atomic E-state index is 0.0402. The highest BCUT2D eigenvalue weighted by atomic mass is 16.2. The summed E-state index contributed by atoms with van der Waals surface area (Å²) in [5, 5.41) is 0. The Labute approximate surface area is 166 Å². The van der Waals surface area contributed by atoms with Gasteiger partial charge in [0.15, 0.2) is 0 Å². The molecule has 2 atom stereocenters. The predicted molar refractivity (Wildman–Crippen MR) is 110 cm³/mol. The first-order valence-corrected chi connectivity index (χ1v) is 9.95. The van der Waals surface area contributed by atoms with Gasteiger partial charge in [-0.25, -0.2) is 4.79 Å². The highest BCUT2D eigenvalue weighted by Crippen LogP contribution is 2.30. The van der Waals surface area contributed by atoms with Crippen LogP contribution in [0.1, 0.15) is 23.2 Å². The molecular weight excluding hydrogens is 350 g/mol. The maximum Gasteiger partial charge on any atom is 0.319 e. The van der Waals surface area contributed by atoms with E-state index in [1.165, 1.54) is 0 Å². The molecule has 3 amide bonds. The van der Waals surface area contributed by atoms with Crippen molar-refractivity contribution in [2.75, 3.05) is 33.7 Å². The number of fused-ring (bicyclic) bond motifs is 4. The molecule has 0 aromatic heterocycles. The van der Waals surface area contributed by atoms with Gasteiger partial charge in [0, 0.05) is 45.3 Å². The summed E-state index contributed by atoms with van der Waals surface area (Å²) in [6, 6.07) is 18.2. The smallest absolute Gasteiger partial charge is 0.319 e. The number of hydrogen-bond acceptors (Lipinski definition) is 2. The highest BCUT2D eigenvalue weighted by molar-refractivity contribution is 5.95. The van der Waals surface area contributed by atoms with E-state index in [1.54, 1.807) is 19.0 Å². The van der Waals surface area contributed by atoms with Gasteiger partial charge in [-0.3, -0.25) is 4.79 Å². The van der Waals surface area contributed by atoms with Crippen LogP contribution in [0.5, 0.6) is 0 Å². The van der Waals surface area contributed by atoms with E-state index in [9.17, 15) is 9.59 Å². The summed E-state index contributed by atoms with van der Waals surface area (Å²) in [7, 11) is 3.57. The van der Waals surface area contributed by atoms with Crippen LogP contribution in [0.4, 0.5) is 4.79 Å². The lowest BCUT2D eigenvalue weighted by Crippen LogP contribution is -2.48. The summed E-state index contributed by atoms with van der Waals surface area (Å²) in [6.45, 7) is 2.10. The second-order valence-corrected chi connectivity index (χ2v) is 8.08. The minimum atomic E-state index is 0.0402. The lowest BCUT2D eigenvalue weighted by Gasteiger charge is -2.36. The maximum atomic E-state index is 13.2. The Hall–Kier alpha value is -2.82. The Bertz CT molecular complexity index is 848. The van der Waals surface area contributed by atoms with Crippen LogP contribution >= 0.6 is 0 Å². The van der Waals surface area contributed by atoms with E-state index < -0.39 is 0 Å². The molecule has 2 aromatic rings. The summed E-state index contributed by atoms with van der Waals surface area (Å²) >= 11 is 0. The zero-order valence-electron chi connectivity index (χ0n) is 16.5. The van der Waals surface area contributed by atoms with Crippen LogP contribution in [-0.2, 0) is 0 Å². The molecule has 3 aliphatic heterocycles. The van der Waals surface area contributed by atoms with Gasteiger partial charge >= 0.3 is 6.03 Å². The van der Waals surface area contributed by atoms with E-state index >= 15 is 0 Å². The third kappa shape index (κ3) is 3.61. The molecule has 3 saturated heterocycles. The van der Waals surface area contributed by atoms with Crippen molar-refractivity contribution in [1.82, 2.24) is 14.7 Å². The van der Waals surface area contributed by atoms with Gasteiger partial charge in [0.2, 0.25) is 0 Å². The van der Waals surface area contributed by atoms with Crippen LogP contribution in [0, 0.1) is 5.92 Å². The fraction of sp³-hybridized carbons (Fsp3) is 0.391. The van der Waals surface area contributed by atoms with E-state index in [2.05, 4.69) is 12.1 Å². The zero-order chi connectivity index (χ0) is 19.7. The third-order valence-corrected chi connectivity index (χ3v) is 5.87. The van der Waals surface area contributed by atoms with E-state index in [0.29, 0.717) is 12.5 Å². The molecule has 3 fully saturated rings. The van der Waals surface area contributed by atoms with Gasteiger partial charge in [0.25, 0.3) is 5.91 Å². The molecule has 0 spiro atoms. The topological polar surface area (TPSA) is 43.9 Å². The van der Waals surface area contributed by atoms with Gasteiger partial charge in [-0.15, -0.1) is 0 Å².